The summed E-state index contributed by atoms with van der Waals surface area (Å²) in [5, 5.41) is 0. The number of rotatable bonds is 3. The van der Waals surface area contributed by atoms with Crippen LogP contribution in [0.25, 0.3) is 0 Å². The smallest absolute Gasteiger partial charge is 0.159 e. The van der Waals surface area contributed by atoms with Crippen molar-refractivity contribution in [2.24, 2.45) is 11.8 Å². The molecule has 3 heteroatoms. The van der Waals surface area contributed by atoms with Gasteiger partial charge in [-0.2, -0.15) is 0 Å². The SMILES string of the molecule is C=CCCN1C[C@H]2C[C@H](C1)C1CC(=O)C=CN1C2. The van der Waals surface area contributed by atoms with E-state index in [0.717, 1.165) is 38.4 Å². The zero-order valence-electron chi connectivity index (χ0n) is 10.9. The van der Waals surface area contributed by atoms with E-state index >= 15 is 0 Å². The highest BCUT2D eigenvalue weighted by Gasteiger charge is 2.41. The van der Waals surface area contributed by atoms with Crippen LogP contribution in [-0.2, 0) is 4.79 Å². The second-order valence-electron chi connectivity index (χ2n) is 5.95. The lowest BCUT2D eigenvalue weighted by Gasteiger charge is -2.51. The van der Waals surface area contributed by atoms with E-state index in [1.165, 1.54) is 13.0 Å². The highest BCUT2D eigenvalue weighted by molar-refractivity contribution is 5.90. The molecule has 0 radical (unpaired) electrons. The molecule has 0 aliphatic carbocycles. The minimum atomic E-state index is 0.304. The standard InChI is InChI=1S/C15H22N2O/c1-2-3-5-16-9-12-7-13(11-16)15-8-14(18)4-6-17(15)10-12/h2,4,6,12-13,15H,1,3,5,7-11H2/t12-,13-,15?/m1/s1. The molecule has 98 valence electrons. The van der Waals surface area contributed by atoms with Crippen LogP contribution in [0.15, 0.2) is 24.9 Å². The molecule has 2 fully saturated rings. The van der Waals surface area contributed by atoms with Crippen LogP contribution < -0.4 is 0 Å². The van der Waals surface area contributed by atoms with Crippen LogP contribution in [0.3, 0.4) is 0 Å². The minimum absolute atomic E-state index is 0.304. The number of ketones is 1. The van der Waals surface area contributed by atoms with Gasteiger partial charge in [0.2, 0.25) is 0 Å². The largest absolute Gasteiger partial charge is 0.373 e. The Bertz CT molecular complexity index is 377. The van der Waals surface area contributed by atoms with Gasteiger partial charge in [-0.1, -0.05) is 6.08 Å². The predicted molar refractivity (Wildman–Crippen MR) is 72.1 cm³/mol. The lowest BCUT2D eigenvalue weighted by molar-refractivity contribution is -0.118. The maximum absolute atomic E-state index is 11.6. The lowest BCUT2D eigenvalue weighted by atomic mass is 9.77. The molecular formula is C15H22N2O. The molecular weight excluding hydrogens is 224 g/mol. The van der Waals surface area contributed by atoms with Gasteiger partial charge in [-0.25, -0.2) is 0 Å². The molecule has 0 N–H and O–H groups in total. The Balaban J connectivity index is 1.70. The minimum Gasteiger partial charge on any atom is -0.373 e. The highest BCUT2D eigenvalue weighted by Crippen LogP contribution is 2.36. The molecule has 3 atom stereocenters. The third kappa shape index (κ3) is 2.24. The molecule has 3 nitrogen and oxygen atoms in total. The molecule has 3 rings (SSSR count). The van der Waals surface area contributed by atoms with Crippen LogP contribution in [0.2, 0.25) is 0 Å². The van der Waals surface area contributed by atoms with Crippen LogP contribution >= 0.6 is 0 Å². The predicted octanol–water partition coefficient (Wildman–Crippen LogP) is 1.67. The Morgan fingerprint density at radius 1 is 1.39 bits per heavy atom. The fourth-order valence-electron chi connectivity index (χ4n) is 3.83. The number of hydrogen-bond acceptors (Lipinski definition) is 3. The molecule has 0 amide bonds. The zero-order valence-corrected chi connectivity index (χ0v) is 10.9. The first-order chi connectivity index (χ1) is 8.76. The van der Waals surface area contributed by atoms with E-state index in [9.17, 15) is 4.79 Å². The quantitative estimate of drug-likeness (QED) is 0.708. The summed E-state index contributed by atoms with van der Waals surface area (Å²) in [6, 6.07) is 0.463. The Kier molecular flexibility index (Phi) is 3.25. The first-order valence-electron chi connectivity index (χ1n) is 7.06. The van der Waals surface area contributed by atoms with Crippen molar-refractivity contribution in [2.75, 3.05) is 26.2 Å². The molecule has 2 bridgehead atoms. The van der Waals surface area contributed by atoms with Crippen molar-refractivity contribution in [3.8, 4) is 0 Å². The summed E-state index contributed by atoms with van der Waals surface area (Å²) >= 11 is 0. The number of likely N-dealkylation sites (tertiary alicyclic amines) is 1. The van der Waals surface area contributed by atoms with Crippen LogP contribution in [-0.4, -0.2) is 47.8 Å². The number of piperidine rings is 2. The van der Waals surface area contributed by atoms with E-state index in [0.29, 0.717) is 17.7 Å². The molecule has 0 saturated carbocycles. The van der Waals surface area contributed by atoms with Gasteiger partial charge in [0.05, 0.1) is 0 Å². The third-order valence-electron chi connectivity index (χ3n) is 4.60. The van der Waals surface area contributed by atoms with Crippen LogP contribution in [0.1, 0.15) is 19.3 Å². The topological polar surface area (TPSA) is 23.6 Å². The summed E-state index contributed by atoms with van der Waals surface area (Å²) in [7, 11) is 0. The molecule has 3 aliphatic heterocycles. The third-order valence-corrected chi connectivity index (χ3v) is 4.60. The first kappa shape index (κ1) is 12.0. The Labute approximate surface area is 109 Å². The summed E-state index contributed by atoms with van der Waals surface area (Å²) in [6.45, 7) is 8.45. The molecule has 0 aromatic heterocycles. The van der Waals surface area contributed by atoms with E-state index in [1.54, 1.807) is 6.08 Å². The summed E-state index contributed by atoms with van der Waals surface area (Å²) in [5.41, 5.74) is 0. The van der Waals surface area contributed by atoms with Gasteiger partial charge < -0.3 is 9.80 Å². The van der Waals surface area contributed by atoms with Gasteiger partial charge >= 0.3 is 0 Å². The zero-order chi connectivity index (χ0) is 12.5. The summed E-state index contributed by atoms with van der Waals surface area (Å²) in [6.07, 6.45) is 8.91. The van der Waals surface area contributed by atoms with Crippen molar-refractivity contribution in [2.45, 2.75) is 25.3 Å². The first-order valence-corrected chi connectivity index (χ1v) is 7.06. The molecule has 0 aromatic rings. The Hall–Kier alpha value is -1.09. The van der Waals surface area contributed by atoms with E-state index in [-0.39, 0.29) is 0 Å². The number of fused-ring (bicyclic) bond motifs is 4. The summed E-state index contributed by atoms with van der Waals surface area (Å²) in [5.74, 6) is 1.76. The van der Waals surface area contributed by atoms with E-state index in [1.807, 2.05) is 12.3 Å². The van der Waals surface area contributed by atoms with E-state index < -0.39 is 0 Å². The molecule has 0 aromatic carbocycles. The van der Waals surface area contributed by atoms with Crippen LogP contribution in [0.4, 0.5) is 0 Å². The maximum Gasteiger partial charge on any atom is 0.159 e. The van der Waals surface area contributed by atoms with Crippen molar-refractivity contribution in [3.63, 3.8) is 0 Å². The number of allylic oxidation sites excluding steroid dienone is 1. The average Bonchev–Trinajstić information content (AvgIpc) is 2.37. The Morgan fingerprint density at radius 2 is 2.28 bits per heavy atom. The van der Waals surface area contributed by atoms with E-state index in [2.05, 4.69) is 16.4 Å². The molecule has 3 heterocycles. The maximum atomic E-state index is 11.6. The molecule has 18 heavy (non-hydrogen) atoms. The number of hydrogen-bond donors (Lipinski definition) is 0. The van der Waals surface area contributed by atoms with Gasteiger partial charge in [0.15, 0.2) is 5.78 Å². The summed E-state index contributed by atoms with van der Waals surface area (Å²) < 4.78 is 0. The van der Waals surface area contributed by atoms with Crippen molar-refractivity contribution in [1.29, 1.82) is 0 Å². The van der Waals surface area contributed by atoms with Crippen molar-refractivity contribution in [3.05, 3.63) is 24.9 Å². The van der Waals surface area contributed by atoms with Crippen LogP contribution in [0.5, 0.6) is 0 Å². The fraction of sp³-hybridized carbons (Fsp3) is 0.667. The van der Waals surface area contributed by atoms with Gasteiger partial charge in [0.25, 0.3) is 0 Å². The van der Waals surface area contributed by atoms with Crippen molar-refractivity contribution >= 4 is 5.78 Å². The molecule has 1 unspecified atom stereocenters. The number of carbonyl (C=O) groups excluding carboxylic acids is 1. The van der Waals surface area contributed by atoms with Crippen molar-refractivity contribution in [1.82, 2.24) is 9.80 Å². The lowest BCUT2D eigenvalue weighted by Crippen LogP contribution is -2.57. The van der Waals surface area contributed by atoms with Gasteiger partial charge in [-0.05, 0) is 30.8 Å². The van der Waals surface area contributed by atoms with Gasteiger partial charge in [-0.15, -0.1) is 6.58 Å². The van der Waals surface area contributed by atoms with Crippen LogP contribution in [0, 0.1) is 11.8 Å². The second-order valence-corrected chi connectivity index (χ2v) is 5.95. The average molecular weight is 246 g/mol. The highest BCUT2D eigenvalue weighted by atomic mass is 16.1. The number of nitrogens with zero attached hydrogens (tertiary/aromatic N) is 2. The van der Waals surface area contributed by atoms with Gasteiger partial charge in [0, 0.05) is 44.8 Å². The molecule has 2 saturated heterocycles. The van der Waals surface area contributed by atoms with E-state index in [4.69, 9.17) is 0 Å². The monoisotopic (exact) mass is 246 g/mol. The normalized spacial score (nSPS) is 35.4. The second kappa shape index (κ2) is 4.88. The summed E-state index contributed by atoms with van der Waals surface area (Å²) in [4.78, 5) is 16.6. The van der Waals surface area contributed by atoms with Crippen molar-refractivity contribution < 1.29 is 4.79 Å². The number of carbonyl (C=O) groups is 1. The molecule has 0 spiro atoms. The fourth-order valence-corrected chi connectivity index (χ4v) is 3.83. The van der Waals surface area contributed by atoms with Gasteiger partial charge in [-0.3, -0.25) is 4.79 Å². The Morgan fingerprint density at radius 3 is 3.11 bits per heavy atom. The molecule has 3 aliphatic rings. The van der Waals surface area contributed by atoms with Gasteiger partial charge in [0.1, 0.15) is 0 Å².